The van der Waals surface area contributed by atoms with Crippen LogP contribution < -0.4 is 10.5 Å². The monoisotopic (exact) mass is 358 g/mol. The van der Waals surface area contributed by atoms with Crippen molar-refractivity contribution in [1.82, 2.24) is 5.32 Å². The standard InChI is InChI=1S/C11H13Cl3N2O3S/c1-3-5(2)16-11(17)8-9(13)6(12)4-7(10(8)14)20(15,18)19/h4-5H,3H2,1-2H3,(H,16,17)(H2,15,18,19). The third-order valence-electron chi connectivity index (χ3n) is 2.65. The molecule has 9 heteroatoms. The first-order valence-corrected chi connectivity index (χ1v) is 8.28. The van der Waals surface area contributed by atoms with E-state index in [1.807, 2.05) is 6.92 Å². The van der Waals surface area contributed by atoms with Gasteiger partial charge in [0.2, 0.25) is 10.0 Å². The van der Waals surface area contributed by atoms with E-state index in [0.717, 1.165) is 6.07 Å². The van der Waals surface area contributed by atoms with Gasteiger partial charge in [-0.05, 0) is 19.4 Å². The lowest BCUT2D eigenvalue weighted by molar-refractivity contribution is 0.0939. The van der Waals surface area contributed by atoms with Gasteiger partial charge < -0.3 is 5.32 Å². The zero-order valence-corrected chi connectivity index (χ0v) is 13.8. The van der Waals surface area contributed by atoms with Crippen LogP contribution in [0.25, 0.3) is 0 Å². The maximum atomic E-state index is 12.1. The molecule has 112 valence electrons. The predicted molar refractivity (Wildman–Crippen MR) is 80.1 cm³/mol. The number of hydrogen-bond acceptors (Lipinski definition) is 3. The molecule has 0 aliphatic rings. The molecule has 1 rings (SSSR count). The SMILES string of the molecule is CCC(C)NC(=O)c1c(Cl)c(Cl)cc(S(N)(=O)=O)c1Cl. The maximum Gasteiger partial charge on any atom is 0.254 e. The van der Waals surface area contributed by atoms with Crippen molar-refractivity contribution in [1.29, 1.82) is 0 Å². The fourth-order valence-corrected chi connectivity index (χ4v) is 3.13. The molecule has 1 aromatic rings. The number of benzene rings is 1. The van der Waals surface area contributed by atoms with Gasteiger partial charge in [-0.15, -0.1) is 0 Å². The van der Waals surface area contributed by atoms with E-state index in [2.05, 4.69) is 5.32 Å². The maximum absolute atomic E-state index is 12.1. The third-order valence-corrected chi connectivity index (χ3v) is 4.87. The Balaban J connectivity index is 3.47. The quantitative estimate of drug-likeness (QED) is 0.810. The lowest BCUT2D eigenvalue weighted by atomic mass is 10.1. The molecule has 1 aromatic carbocycles. The zero-order chi connectivity index (χ0) is 15.7. The lowest BCUT2D eigenvalue weighted by Crippen LogP contribution is -2.32. The van der Waals surface area contributed by atoms with Gasteiger partial charge in [-0.3, -0.25) is 4.79 Å². The number of primary sulfonamides is 1. The molecule has 0 aliphatic carbocycles. The molecule has 5 nitrogen and oxygen atoms in total. The van der Waals surface area contributed by atoms with Crippen molar-refractivity contribution in [3.05, 3.63) is 26.7 Å². The van der Waals surface area contributed by atoms with Crippen LogP contribution >= 0.6 is 34.8 Å². The minimum Gasteiger partial charge on any atom is -0.350 e. The number of carbonyl (C=O) groups is 1. The Labute approximate surface area is 132 Å². The first-order valence-electron chi connectivity index (χ1n) is 5.60. The molecule has 0 fully saturated rings. The number of hydrogen-bond donors (Lipinski definition) is 2. The van der Waals surface area contributed by atoms with Gasteiger partial charge in [0.1, 0.15) is 4.90 Å². The van der Waals surface area contributed by atoms with Gasteiger partial charge in [-0.25, -0.2) is 13.6 Å². The van der Waals surface area contributed by atoms with Crippen molar-refractivity contribution in [2.24, 2.45) is 5.14 Å². The van der Waals surface area contributed by atoms with E-state index in [1.54, 1.807) is 6.92 Å². The molecule has 0 radical (unpaired) electrons. The highest BCUT2D eigenvalue weighted by molar-refractivity contribution is 7.89. The van der Waals surface area contributed by atoms with Crippen molar-refractivity contribution in [2.75, 3.05) is 0 Å². The van der Waals surface area contributed by atoms with Crippen LogP contribution in [0.1, 0.15) is 30.6 Å². The van der Waals surface area contributed by atoms with E-state index < -0.39 is 20.8 Å². The second-order valence-corrected chi connectivity index (χ2v) is 6.88. The number of amides is 1. The number of nitrogens with one attached hydrogen (secondary N) is 1. The van der Waals surface area contributed by atoms with E-state index in [1.165, 1.54) is 0 Å². The molecule has 0 bridgehead atoms. The Morgan fingerprint density at radius 3 is 2.35 bits per heavy atom. The van der Waals surface area contributed by atoms with E-state index in [9.17, 15) is 13.2 Å². The first-order chi connectivity index (χ1) is 9.09. The summed E-state index contributed by atoms with van der Waals surface area (Å²) >= 11 is 17.7. The molecule has 1 atom stereocenters. The van der Waals surface area contributed by atoms with Gasteiger partial charge in [0.15, 0.2) is 0 Å². The van der Waals surface area contributed by atoms with Crippen LogP contribution in [0.5, 0.6) is 0 Å². The molecule has 1 unspecified atom stereocenters. The van der Waals surface area contributed by atoms with Crippen LogP contribution in [0.4, 0.5) is 0 Å². The average Bonchev–Trinajstić information content (AvgIpc) is 2.32. The summed E-state index contributed by atoms with van der Waals surface area (Å²) in [7, 11) is -4.12. The highest BCUT2D eigenvalue weighted by Crippen LogP contribution is 2.36. The molecule has 0 aliphatic heterocycles. The van der Waals surface area contributed by atoms with Crippen molar-refractivity contribution in [3.63, 3.8) is 0 Å². The second kappa shape index (κ2) is 6.49. The fourth-order valence-electron chi connectivity index (χ4n) is 1.39. The van der Waals surface area contributed by atoms with Crippen molar-refractivity contribution in [2.45, 2.75) is 31.2 Å². The molecular formula is C11H13Cl3N2O3S. The van der Waals surface area contributed by atoms with Crippen LogP contribution in [0.3, 0.4) is 0 Å². The summed E-state index contributed by atoms with van der Waals surface area (Å²) in [5.41, 5.74) is -0.204. The molecular weight excluding hydrogens is 347 g/mol. The number of carbonyl (C=O) groups excluding carboxylic acids is 1. The molecule has 0 heterocycles. The average molecular weight is 360 g/mol. The summed E-state index contributed by atoms with van der Waals surface area (Å²) in [4.78, 5) is 11.7. The molecule has 0 spiro atoms. The Hall–Kier alpha value is -0.530. The van der Waals surface area contributed by atoms with E-state index >= 15 is 0 Å². The van der Waals surface area contributed by atoms with Gasteiger partial charge in [-0.1, -0.05) is 41.7 Å². The zero-order valence-electron chi connectivity index (χ0n) is 10.7. The molecule has 0 saturated carbocycles. The fraction of sp³-hybridized carbons (Fsp3) is 0.364. The van der Waals surface area contributed by atoms with Crippen LogP contribution in [-0.4, -0.2) is 20.4 Å². The highest BCUT2D eigenvalue weighted by atomic mass is 35.5. The smallest absolute Gasteiger partial charge is 0.254 e. The third kappa shape index (κ3) is 3.77. The first kappa shape index (κ1) is 17.5. The summed E-state index contributed by atoms with van der Waals surface area (Å²) in [6.07, 6.45) is 0.684. The summed E-state index contributed by atoms with van der Waals surface area (Å²) in [5, 5.41) is 7.08. The van der Waals surface area contributed by atoms with Crippen LogP contribution in [0.2, 0.25) is 15.1 Å². The largest absolute Gasteiger partial charge is 0.350 e. The van der Waals surface area contributed by atoms with Gasteiger partial charge in [0.05, 0.1) is 20.6 Å². The second-order valence-electron chi connectivity index (χ2n) is 4.19. The van der Waals surface area contributed by atoms with Gasteiger partial charge >= 0.3 is 0 Å². The molecule has 3 N–H and O–H groups in total. The lowest BCUT2D eigenvalue weighted by Gasteiger charge is -2.15. The summed E-state index contributed by atoms with van der Waals surface area (Å²) < 4.78 is 22.9. The minimum atomic E-state index is -4.12. The Morgan fingerprint density at radius 1 is 1.35 bits per heavy atom. The minimum absolute atomic E-state index is 0.116. The molecule has 0 aromatic heterocycles. The van der Waals surface area contributed by atoms with Crippen molar-refractivity contribution in [3.8, 4) is 0 Å². The normalized spacial score (nSPS) is 13.1. The van der Waals surface area contributed by atoms with Crippen molar-refractivity contribution < 1.29 is 13.2 Å². The Kier molecular flexibility index (Phi) is 5.69. The van der Waals surface area contributed by atoms with E-state index in [4.69, 9.17) is 39.9 Å². The molecule has 0 saturated heterocycles. The van der Waals surface area contributed by atoms with Crippen molar-refractivity contribution >= 4 is 50.7 Å². The number of halogens is 3. The molecule has 20 heavy (non-hydrogen) atoms. The van der Waals surface area contributed by atoms with E-state index in [-0.39, 0.29) is 26.7 Å². The number of nitrogens with two attached hydrogens (primary N) is 1. The van der Waals surface area contributed by atoms with E-state index in [0.29, 0.717) is 6.42 Å². The Bertz CT molecular complexity index is 647. The summed E-state index contributed by atoms with van der Waals surface area (Å²) in [6.45, 7) is 3.66. The molecule has 1 amide bonds. The highest BCUT2D eigenvalue weighted by Gasteiger charge is 2.25. The van der Waals surface area contributed by atoms with Crippen LogP contribution in [0, 0.1) is 0 Å². The topological polar surface area (TPSA) is 89.3 Å². The van der Waals surface area contributed by atoms with Gasteiger partial charge in [-0.2, -0.15) is 0 Å². The number of sulfonamides is 1. The summed E-state index contributed by atoms with van der Waals surface area (Å²) in [6, 6.07) is 0.883. The van der Waals surface area contributed by atoms with Crippen LogP contribution in [0.15, 0.2) is 11.0 Å². The Morgan fingerprint density at radius 2 is 1.90 bits per heavy atom. The predicted octanol–water partition coefficient (Wildman–Crippen LogP) is 2.82. The summed E-state index contributed by atoms with van der Waals surface area (Å²) in [5.74, 6) is -0.609. The van der Waals surface area contributed by atoms with Gasteiger partial charge in [0.25, 0.3) is 5.91 Å². The van der Waals surface area contributed by atoms with Crippen LogP contribution in [-0.2, 0) is 10.0 Å². The van der Waals surface area contributed by atoms with Gasteiger partial charge in [0, 0.05) is 6.04 Å². The number of rotatable bonds is 4.